The highest BCUT2D eigenvalue weighted by molar-refractivity contribution is 6.05. The summed E-state index contributed by atoms with van der Waals surface area (Å²) in [6, 6.07) is 8.92. The van der Waals surface area contributed by atoms with E-state index >= 15 is 0 Å². The molecular weight excluding hydrogens is 537 g/mol. The van der Waals surface area contributed by atoms with Crippen molar-refractivity contribution in [1.82, 2.24) is 9.88 Å². The molecule has 1 aromatic heterocycles. The molecule has 218 valence electrons. The molecule has 3 aromatic rings. The second-order valence-corrected chi connectivity index (χ2v) is 9.76. The Morgan fingerprint density at radius 3 is 2.49 bits per heavy atom. The Labute approximate surface area is 236 Å². The van der Waals surface area contributed by atoms with Crippen molar-refractivity contribution in [1.29, 1.82) is 0 Å². The van der Waals surface area contributed by atoms with Gasteiger partial charge in [0, 0.05) is 41.3 Å². The zero-order chi connectivity index (χ0) is 29.7. The monoisotopic (exact) mass is 570 g/mol. The van der Waals surface area contributed by atoms with Gasteiger partial charge in [-0.25, -0.2) is 5.84 Å². The number of aryl methyl sites for hydroxylation is 1. The van der Waals surface area contributed by atoms with Gasteiger partial charge in [-0.1, -0.05) is 6.07 Å². The number of carbonyl (C=O) groups is 1. The normalized spacial score (nSPS) is 14.2. The maximum atomic E-state index is 14.0. The number of hydrazine groups is 1. The highest BCUT2D eigenvalue weighted by atomic mass is 19.4. The number of rotatable bonds is 9. The summed E-state index contributed by atoms with van der Waals surface area (Å²) in [7, 11) is 2.73. The molecule has 12 heteroatoms. The number of alkyl halides is 3. The van der Waals surface area contributed by atoms with E-state index in [0.717, 1.165) is 37.6 Å². The summed E-state index contributed by atoms with van der Waals surface area (Å²) < 4.78 is 52.3. The van der Waals surface area contributed by atoms with Crippen LogP contribution in [-0.2, 0) is 12.7 Å². The summed E-state index contributed by atoms with van der Waals surface area (Å²) in [6.07, 6.45) is 1.86. The molecule has 1 amide bonds. The molecule has 0 aliphatic carbocycles. The second kappa shape index (κ2) is 12.5. The fourth-order valence-electron chi connectivity index (χ4n) is 4.73. The second-order valence-electron chi connectivity index (χ2n) is 9.76. The molecule has 9 nitrogen and oxygen atoms in total. The van der Waals surface area contributed by atoms with E-state index in [9.17, 15) is 18.0 Å². The molecule has 1 aliphatic heterocycles. The number of aromatic nitrogens is 1. The van der Waals surface area contributed by atoms with Crippen molar-refractivity contribution in [2.45, 2.75) is 32.5 Å². The third-order valence-corrected chi connectivity index (χ3v) is 6.84. The predicted octanol–water partition coefficient (Wildman–Crippen LogP) is 4.91. The number of nitrogens with two attached hydrogens (primary N) is 2. The average Bonchev–Trinajstić information content (AvgIpc) is 3.45. The van der Waals surface area contributed by atoms with E-state index in [1.54, 1.807) is 37.5 Å². The van der Waals surface area contributed by atoms with E-state index in [0.29, 0.717) is 28.3 Å². The third-order valence-electron chi connectivity index (χ3n) is 6.84. The fourth-order valence-corrected chi connectivity index (χ4v) is 4.73. The van der Waals surface area contributed by atoms with Crippen LogP contribution in [0.1, 0.15) is 45.5 Å². The van der Waals surface area contributed by atoms with Crippen molar-refractivity contribution in [3.8, 4) is 11.5 Å². The van der Waals surface area contributed by atoms with Crippen molar-refractivity contribution in [3.63, 3.8) is 0 Å². The van der Waals surface area contributed by atoms with Crippen LogP contribution in [0, 0.1) is 6.92 Å². The molecule has 41 heavy (non-hydrogen) atoms. The van der Waals surface area contributed by atoms with E-state index < -0.39 is 17.6 Å². The minimum Gasteiger partial charge on any atom is -0.496 e. The summed E-state index contributed by atoms with van der Waals surface area (Å²) in [4.78, 5) is 19.4. The van der Waals surface area contributed by atoms with Crippen molar-refractivity contribution in [2.75, 3.05) is 37.6 Å². The molecule has 0 saturated carbocycles. The number of likely N-dealkylation sites (tertiary alicyclic amines) is 1. The van der Waals surface area contributed by atoms with E-state index in [4.69, 9.17) is 21.1 Å². The number of hydrogen-bond acceptors (Lipinski definition) is 8. The number of benzene rings is 2. The van der Waals surface area contributed by atoms with Crippen LogP contribution in [0.25, 0.3) is 5.70 Å². The molecule has 0 spiro atoms. The summed E-state index contributed by atoms with van der Waals surface area (Å²) >= 11 is 0. The maximum Gasteiger partial charge on any atom is 0.420 e. The van der Waals surface area contributed by atoms with Gasteiger partial charge in [0.05, 0.1) is 37.4 Å². The fraction of sp³-hybridized carbons (Fsp3) is 0.310. The molecule has 0 unspecified atom stereocenters. The maximum absolute atomic E-state index is 14.0. The van der Waals surface area contributed by atoms with Gasteiger partial charge in [0.15, 0.2) is 0 Å². The predicted molar refractivity (Wildman–Crippen MR) is 151 cm³/mol. The molecule has 5 N–H and O–H groups in total. The summed E-state index contributed by atoms with van der Waals surface area (Å²) in [5.41, 5.74) is 7.92. The number of pyridine rings is 1. The first kappa shape index (κ1) is 29.7. The van der Waals surface area contributed by atoms with Crippen LogP contribution in [0.3, 0.4) is 0 Å². The van der Waals surface area contributed by atoms with Gasteiger partial charge in [0.25, 0.3) is 5.91 Å². The first-order chi connectivity index (χ1) is 19.5. The van der Waals surface area contributed by atoms with Crippen molar-refractivity contribution < 1.29 is 27.4 Å². The molecule has 1 fully saturated rings. The van der Waals surface area contributed by atoms with Gasteiger partial charge < -0.3 is 20.5 Å². The smallest absolute Gasteiger partial charge is 0.420 e. The lowest BCUT2D eigenvalue weighted by atomic mass is 10.0. The zero-order valence-corrected chi connectivity index (χ0v) is 23.1. The average molecular weight is 571 g/mol. The van der Waals surface area contributed by atoms with E-state index in [2.05, 4.69) is 15.2 Å². The first-order valence-corrected chi connectivity index (χ1v) is 12.9. The molecule has 1 saturated heterocycles. The van der Waals surface area contributed by atoms with Crippen LogP contribution >= 0.6 is 0 Å². The standard InChI is InChI=1S/C29H33F3N6O3/c1-18-6-7-19(12-26(18)38(34)17-25(33)20-11-23(40-2)15-35-14-20)28(39)36-22-10-21(16-37-8-4-5-9-37)27(41-3)24(13-22)29(30,31)32/h6-7,10-15,17H,4-5,8-9,16,33-34H2,1-3H3,(H,36,39)/b25-17-. The Morgan fingerprint density at radius 1 is 1.10 bits per heavy atom. The quantitative estimate of drug-likeness (QED) is 0.245. The Bertz CT molecular complexity index is 1440. The summed E-state index contributed by atoms with van der Waals surface area (Å²) in [5, 5.41) is 3.89. The number of methoxy groups -OCH3 is 2. The first-order valence-electron chi connectivity index (χ1n) is 12.9. The number of hydrogen-bond donors (Lipinski definition) is 3. The van der Waals surface area contributed by atoms with Crippen LogP contribution in [-0.4, -0.2) is 43.1 Å². The number of nitrogens with one attached hydrogen (secondary N) is 1. The Balaban J connectivity index is 1.61. The van der Waals surface area contributed by atoms with Gasteiger partial charge in [0.1, 0.15) is 11.5 Å². The highest BCUT2D eigenvalue weighted by Gasteiger charge is 2.36. The third kappa shape index (κ3) is 7.08. The van der Waals surface area contributed by atoms with Gasteiger partial charge in [-0.2, -0.15) is 13.2 Å². The van der Waals surface area contributed by atoms with Gasteiger partial charge in [0.2, 0.25) is 0 Å². The summed E-state index contributed by atoms with van der Waals surface area (Å²) in [5.74, 6) is 5.96. The number of anilines is 2. The Hall–Kier alpha value is -4.29. The van der Waals surface area contributed by atoms with Crippen LogP contribution < -0.4 is 31.4 Å². The number of nitrogens with zero attached hydrogens (tertiary/aromatic N) is 3. The molecule has 0 atom stereocenters. The molecular formula is C29H33F3N6O3. The van der Waals surface area contributed by atoms with Crippen molar-refractivity contribution in [3.05, 3.63) is 82.8 Å². The van der Waals surface area contributed by atoms with Gasteiger partial charge in [-0.05, 0) is 68.8 Å². The van der Waals surface area contributed by atoms with Crippen LogP contribution in [0.4, 0.5) is 24.5 Å². The number of carbonyl (C=O) groups excluding carboxylic acids is 1. The van der Waals surface area contributed by atoms with Crippen LogP contribution in [0.5, 0.6) is 11.5 Å². The van der Waals surface area contributed by atoms with Crippen molar-refractivity contribution in [2.24, 2.45) is 11.6 Å². The lowest BCUT2D eigenvalue weighted by Crippen LogP contribution is -2.27. The molecule has 0 bridgehead atoms. The molecule has 4 rings (SSSR count). The van der Waals surface area contributed by atoms with E-state index in [1.807, 2.05) is 0 Å². The lowest BCUT2D eigenvalue weighted by Gasteiger charge is -2.22. The number of halogens is 3. The Morgan fingerprint density at radius 2 is 1.83 bits per heavy atom. The lowest BCUT2D eigenvalue weighted by molar-refractivity contribution is -0.138. The molecule has 2 aromatic carbocycles. The minimum absolute atomic E-state index is 0.0127. The summed E-state index contributed by atoms with van der Waals surface area (Å²) in [6.45, 7) is 3.66. The SMILES string of the molecule is COc1cncc(/C(N)=C/N(N)c2cc(C(=O)Nc3cc(CN4CCCC4)c(OC)c(C(F)(F)F)c3)ccc2C)c1. The van der Waals surface area contributed by atoms with Crippen LogP contribution in [0.15, 0.2) is 55.0 Å². The van der Waals surface area contributed by atoms with Gasteiger partial charge >= 0.3 is 6.18 Å². The number of ether oxygens (including phenoxy) is 2. The van der Waals surface area contributed by atoms with Crippen LogP contribution in [0.2, 0.25) is 0 Å². The van der Waals surface area contributed by atoms with Gasteiger partial charge in [-0.15, -0.1) is 0 Å². The van der Waals surface area contributed by atoms with Crippen molar-refractivity contribution >= 4 is 23.0 Å². The molecule has 2 heterocycles. The topological polar surface area (TPSA) is 119 Å². The van der Waals surface area contributed by atoms with Gasteiger partial charge in [-0.3, -0.25) is 19.7 Å². The largest absolute Gasteiger partial charge is 0.496 e. The Kier molecular flexibility index (Phi) is 9.04. The number of amides is 1. The molecule has 0 radical (unpaired) electrons. The highest BCUT2D eigenvalue weighted by Crippen LogP contribution is 2.41. The zero-order valence-electron chi connectivity index (χ0n) is 23.1. The van der Waals surface area contributed by atoms with E-state index in [1.165, 1.54) is 37.6 Å². The molecule has 1 aliphatic rings. The van der Waals surface area contributed by atoms with E-state index in [-0.39, 0.29) is 23.5 Å². The minimum atomic E-state index is -4.67.